The second-order valence-electron chi connectivity index (χ2n) is 6.53. The fourth-order valence-electron chi connectivity index (χ4n) is 3.26. The Hall–Kier alpha value is -3.20. The molecular weight excluding hydrogens is 419 g/mol. The zero-order valence-electron chi connectivity index (χ0n) is 15.7. The van der Waals surface area contributed by atoms with Crippen molar-refractivity contribution < 1.29 is 31.1 Å². The summed E-state index contributed by atoms with van der Waals surface area (Å²) in [4.78, 5) is -0.170. The van der Waals surface area contributed by atoms with Crippen LogP contribution in [0.4, 0.5) is 18.9 Å². The van der Waals surface area contributed by atoms with Gasteiger partial charge in [0.1, 0.15) is 24.0 Å². The number of hydrogen-bond donors (Lipinski definition) is 0. The van der Waals surface area contributed by atoms with Crippen molar-refractivity contribution in [2.75, 3.05) is 24.6 Å². The highest BCUT2D eigenvalue weighted by Gasteiger charge is 2.31. The summed E-state index contributed by atoms with van der Waals surface area (Å²) in [7, 11) is -2.87. The fraction of sp³-hybridized carbons (Fsp3) is 0.143. The molecule has 0 amide bonds. The maximum atomic E-state index is 14.2. The number of nitrogens with zero attached hydrogens (tertiary/aromatic N) is 1. The average Bonchev–Trinajstić information content (AvgIpc) is 2.74. The second kappa shape index (κ2) is 7.56. The SMILES string of the molecule is COc1cc(S(=O)(=O)N2CCOc3ccc(-c4cc(F)ccc4F)cc32)ccc1F. The Balaban J connectivity index is 1.82. The predicted molar refractivity (Wildman–Crippen MR) is 105 cm³/mol. The van der Waals surface area contributed by atoms with Gasteiger partial charge in [-0.15, -0.1) is 0 Å². The van der Waals surface area contributed by atoms with E-state index in [4.69, 9.17) is 9.47 Å². The van der Waals surface area contributed by atoms with Gasteiger partial charge in [-0.3, -0.25) is 4.31 Å². The first-order valence-electron chi connectivity index (χ1n) is 8.90. The van der Waals surface area contributed by atoms with E-state index in [1.807, 2.05) is 0 Å². The third-order valence-corrected chi connectivity index (χ3v) is 6.54. The molecule has 0 N–H and O–H groups in total. The fourth-order valence-corrected chi connectivity index (χ4v) is 4.72. The minimum Gasteiger partial charge on any atom is -0.494 e. The maximum Gasteiger partial charge on any atom is 0.264 e. The van der Waals surface area contributed by atoms with Gasteiger partial charge in [-0.05, 0) is 48.0 Å². The molecule has 0 saturated heterocycles. The zero-order chi connectivity index (χ0) is 21.5. The maximum absolute atomic E-state index is 14.2. The standard InChI is InChI=1S/C21H16F3NO4S/c1-28-21-12-15(4-6-18(21)24)30(26,27)25-8-9-29-20-7-2-13(10-19(20)25)16-11-14(22)3-5-17(16)23/h2-7,10-12H,8-9H2,1H3. The van der Waals surface area contributed by atoms with E-state index in [1.165, 1.54) is 25.3 Å². The van der Waals surface area contributed by atoms with Gasteiger partial charge < -0.3 is 9.47 Å². The molecule has 0 spiro atoms. The quantitative estimate of drug-likeness (QED) is 0.611. The van der Waals surface area contributed by atoms with Gasteiger partial charge >= 0.3 is 0 Å². The number of anilines is 1. The summed E-state index contributed by atoms with van der Waals surface area (Å²) in [5.41, 5.74) is 0.447. The number of rotatable bonds is 4. The lowest BCUT2D eigenvalue weighted by Gasteiger charge is -2.31. The predicted octanol–water partition coefficient (Wildman–Crippen LogP) is 4.37. The summed E-state index contributed by atoms with van der Waals surface area (Å²) in [6.45, 7) is 0.0857. The molecule has 156 valence electrons. The molecule has 0 aromatic heterocycles. The van der Waals surface area contributed by atoms with Crippen molar-refractivity contribution in [2.24, 2.45) is 0 Å². The van der Waals surface area contributed by atoms with E-state index >= 15 is 0 Å². The van der Waals surface area contributed by atoms with Gasteiger partial charge in [0, 0.05) is 11.6 Å². The van der Waals surface area contributed by atoms with Crippen molar-refractivity contribution >= 4 is 15.7 Å². The second-order valence-corrected chi connectivity index (χ2v) is 8.39. The third kappa shape index (κ3) is 3.45. The van der Waals surface area contributed by atoms with E-state index in [2.05, 4.69) is 0 Å². The molecule has 4 rings (SSSR count). The van der Waals surface area contributed by atoms with Gasteiger partial charge in [0.05, 0.1) is 24.2 Å². The van der Waals surface area contributed by atoms with Crippen LogP contribution in [-0.4, -0.2) is 28.7 Å². The first-order valence-corrected chi connectivity index (χ1v) is 10.3. The molecule has 1 heterocycles. The minimum absolute atomic E-state index is 0.00981. The largest absolute Gasteiger partial charge is 0.494 e. The summed E-state index contributed by atoms with van der Waals surface area (Å²) in [5.74, 6) is -1.89. The summed E-state index contributed by atoms with van der Waals surface area (Å²) >= 11 is 0. The Morgan fingerprint density at radius 2 is 1.73 bits per heavy atom. The first-order chi connectivity index (χ1) is 14.3. The molecule has 0 atom stereocenters. The lowest BCUT2D eigenvalue weighted by Crippen LogP contribution is -2.38. The van der Waals surface area contributed by atoms with E-state index in [9.17, 15) is 21.6 Å². The molecule has 9 heteroatoms. The van der Waals surface area contributed by atoms with Crippen molar-refractivity contribution in [1.29, 1.82) is 0 Å². The van der Waals surface area contributed by atoms with E-state index < -0.39 is 27.5 Å². The van der Waals surface area contributed by atoms with Crippen LogP contribution < -0.4 is 13.8 Å². The van der Waals surface area contributed by atoms with Crippen molar-refractivity contribution in [2.45, 2.75) is 4.90 Å². The van der Waals surface area contributed by atoms with Crippen molar-refractivity contribution in [3.63, 3.8) is 0 Å². The number of sulfonamides is 1. The topological polar surface area (TPSA) is 55.8 Å². The van der Waals surface area contributed by atoms with Crippen LogP contribution in [0.2, 0.25) is 0 Å². The molecule has 5 nitrogen and oxygen atoms in total. The molecule has 3 aromatic carbocycles. The van der Waals surface area contributed by atoms with Crippen LogP contribution >= 0.6 is 0 Å². The van der Waals surface area contributed by atoms with Gasteiger partial charge in [-0.2, -0.15) is 0 Å². The molecule has 0 fully saturated rings. The molecule has 1 aliphatic heterocycles. The van der Waals surface area contributed by atoms with E-state index in [-0.39, 0.29) is 46.4 Å². The normalized spacial score (nSPS) is 13.5. The van der Waals surface area contributed by atoms with Gasteiger partial charge in [-0.1, -0.05) is 6.07 Å². The average molecular weight is 435 g/mol. The van der Waals surface area contributed by atoms with Gasteiger partial charge in [0.25, 0.3) is 10.0 Å². The molecule has 0 bridgehead atoms. The van der Waals surface area contributed by atoms with Gasteiger partial charge in [-0.25, -0.2) is 21.6 Å². The van der Waals surface area contributed by atoms with Gasteiger partial charge in [0.2, 0.25) is 0 Å². The van der Waals surface area contributed by atoms with Crippen LogP contribution in [0.15, 0.2) is 59.5 Å². The Bertz CT molecular complexity index is 1230. The van der Waals surface area contributed by atoms with E-state index in [1.54, 1.807) is 0 Å². The minimum atomic E-state index is -4.10. The summed E-state index contributed by atoms with van der Waals surface area (Å²) in [5, 5.41) is 0. The number of hydrogen-bond acceptors (Lipinski definition) is 4. The number of fused-ring (bicyclic) bond motifs is 1. The lowest BCUT2D eigenvalue weighted by molar-refractivity contribution is 0.316. The highest BCUT2D eigenvalue weighted by atomic mass is 32.2. The lowest BCUT2D eigenvalue weighted by atomic mass is 10.0. The Kier molecular flexibility index (Phi) is 5.07. The van der Waals surface area contributed by atoms with Crippen LogP contribution in [0.3, 0.4) is 0 Å². The molecule has 30 heavy (non-hydrogen) atoms. The molecule has 3 aromatic rings. The van der Waals surface area contributed by atoms with Crippen molar-refractivity contribution in [3.05, 3.63) is 72.0 Å². The Morgan fingerprint density at radius 1 is 0.967 bits per heavy atom. The number of ether oxygens (including phenoxy) is 2. The van der Waals surface area contributed by atoms with Gasteiger partial charge in [0.15, 0.2) is 11.6 Å². The summed E-state index contributed by atoms with van der Waals surface area (Å²) in [6.07, 6.45) is 0. The van der Waals surface area contributed by atoms with Crippen molar-refractivity contribution in [3.8, 4) is 22.6 Å². The highest BCUT2D eigenvalue weighted by molar-refractivity contribution is 7.92. The Labute approximate surface area is 171 Å². The molecule has 1 aliphatic rings. The number of halogens is 3. The summed E-state index contributed by atoms with van der Waals surface area (Å²) < 4.78 is 79.6. The van der Waals surface area contributed by atoms with Crippen LogP contribution in [-0.2, 0) is 10.0 Å². The molecule has 0 radical (unpaired) electrons. The molecule has 0 unspecified atom stereocenters. The van der Waals surface area contributed by atoms with E-state index in [0.717, 1.165) is 40.7 Å². The smallest absolute Gasteiger partial charge is 0.264 e. The Morgan fingerprint density at radius 3 is 2.50 bits per heavy atom. The molecule has 0 aliphatic carbocycles. The first kappa shape index (κ1) is 20.1. The molecular formula is C21H16F3NO4S. The zero-order valence-corrected chi connectivity index (χ0v) is 16.5. The molecule has 0 saturated carbocycles. The van der Waals surface area contributed by atoms with Crippen LogP contribution in [0.25, 0.3) is 11.1 Å². The third-order valence-electron chi connectivity index (χ3n) is 4.73. The monoisotopic (exact) mass is 435 g/mol. The number of methoxy groups -OCH3 is 1. The van der Waals surface area contributed by atoms with E-state index in [0.29, 0.717) is 0 Å². The van der Waals surface area contributed by atoms with Crippen LogP contribution in [0.1, 0.15) is 0 Å². The highest BCUT2D eigenvalue weighted by Crippen LogP contribution is 2.39. The summed E-state index contributed by atoms with van der Waals surface area (Å²) in [6, 6.07) is 10.7. The number of benzene rings is 3. The van der Waals surface area contributed by atoms with Crippen LogP contribution in [0, 0.1) is 17.5 Å². The van der Waals surface area contributed by atoms with Crippen LogP contribution in [0.5, 0.6) is 11.5 Å². The van der Waals surface area contributed by atoms with Crippen molar-refractivity contribution in [1.82, 2.24) is 0 Å².